The van der Waals surface area contributed by atoms with Crippen molar-refractivity contribution >= 4 is 0 Å². The van der Waals surface area contributed by atoms with Crippen LogP contribution in [0, 0.1) is 11.9 Å². The van der Waals surface area contributed by atoms with Crippen molar-refractivity contribution in [2.24, 2.45) is 0 Å². The maximum atomic E-state index is 13.7. The maximum Gasteiger partial charge on any atom is 0.132 e. The van der Waals surface area contributed by atoms with Gasteiger partial charge < -0.3 is 0 Å². The van der Waals surface area contributed by atoms with E-state index in [1.165, 1.54) is 6.07 Å². The Morgan fingerprint density at radius 1 is 0.842 bits per heavy atom. The van der Waals surface area contributed by atoms with Crippen LogP contribution in [0.2, 0.25) is 0 Å². The van der Waals surface area contributed by atoms with E-state index in [2.05, 4.69) is 11.1 Å². The minimum Gasteiger partial charge on any atom is -0.255 e. The van der Waals surface area contributed by atoms with Crippen molar-refractivity contribution in [3.05, 3.63) is 78.7 Å². The fourth-order valence-corrected chi connectivity index (χ4v) is 1.96. The van der Waals surface area contributed by atoms with E-state index in [1.54, 1.807) is 24.4 Å². The van der Waals surface area contributed by atoms with Gasteiger partial charge in [-0.15, -0.1) is 0 Å². The van der Waals surface area contributed by atoms with E-state index < -0.39 is 0 Å². The van der Waals surface area contributed by atoms with Gasteiger partial charge in [-0.2, -0.15) is 0 Å². The minimum absolute atomic E-state index is 0.281. The molecule has 2 aromatic carbocycles. The summed E-state index contributed by atoms with van der Waals surface area (Å²) in [5.41, 5.74) is 2.95. The van der Waals surface area contributed by atoms with Crippen molar-refractivity contribution in [2.45, 2.75) is 0 Å². The molecule has 0 amide bonds. The molecule has 19 heavy (non-hydrogen) atoms. The largest absolute Gasteiger partial charge is 0.255 e. The first-order valence-corrected chi connectivity index (χ1v) is 6.03. The molecule has 1 aromatic heterocycles. The summed E-state index contributed by atoms with van der Waals surface area (Å²) in [4.78, 5) is 4.20. The molecule has 2 heteroatoms. The molecule has 0 aliphatic heterocycles. The minimum atomic E-state index is -0.281. The van der Waals surface area contributed by atoms with Crippen LogP contribution in [0.4, 0.5) is 4.39 Å². The number of hydrogen-bond acceptors (Lipinski definition) is 1. The van der Waals surface area contributed by atoms with Gasteiger partial charge in [0.15, 0.2) is 0 Å². The molecular weight excluding hydrogens is 237 g/mol. The molecule has 0 saturated carbocycles. The maximum absolute atomic E-state index is 13.7. The van der Waals surface area contributed by atoms with Gasteiger partial charge in [0.05, 0.1) is 5.69 Å². The fraction of sp³-hybridized carbons (Fsp3) is 0. The molecule has 0 N–H and O–H groups in total. The summed E-state index contributed by atoms with van der Waals surface area (Å²) in [6.07, 6.45) is 1.68. The molecular formula is C17H11FN. The van der Waals surface area contributed by atoms with E-state index in [0.29, 0.717) is 11.3 Å². The van der Waals surface area contributed by atoms with Crippen LogP contribution in [-0.2, 0) is 0 Å². The number of pyridine rings is 1. The number of benzene rings is 2. The second kappa shape index (κ2) is 5.02. The summed E-state index contributed by atoms with van der Waals surface area (Å²) >= 11 is 0. The Kier molecular flexibility index (Phi) is 3.07. The number of halogens is 1. The molecule has 1 radical (unpaired) electrons. The molecule has 91 valence electrons. The third kappa shape index (κ3) is 2.38. The van der Waals surface area contributed by atoms with Gasteiger partial charge in [0.1, 0.15) is 5.82 Å². The van der Waals surface area contributed by atoms with Gasteiger partial charge in [-0.25, -0.2) is 4.39 Å². The highest BCUT2D eigenvalue weighted by molar-refractivity contribution is 5.69. The summed E-state index contributed by atoms with van der Waals surface area (Å²) in [5.74, 6) is -0.281. The van der Waals surface area contributed by atoms with Gasteiger partial charge in [0.2, 0.25) is 0 Å². The van der Waals surface area contributed by atoms with Crippen LogP contribution in [0.1, 0.15) is 0 Å². The Labute approximate surface area is 111 Å². The monoisotopic (exact) mass is 248 g/mol. The van der Waals surface area contributed by atoms with Crippen LogP contribution in [0.15, 0.2) is 66.9 Å². The highest BCUT2D eigenvalue weighted by Gasteiger charge is 2.07. The summed E-state index contributed by atoms with van der Waals surface area (Å²) in [5, 5.41) is 0. The predicted molar refractivity (Wildman–Crippen MR) is 73.9 cm³/mol. The van der Waals surface area contributed by atoms with E-state index in [1.807, 2.05) is 36.4 Å². The molecule has 0 aliphatic rings. The molecule has 0 spiro atoms. The summed E-state index contributed by atoms with van der Waals surface area (Å²) in [6, 6.07) is 21.5. The van der Waals surface area contributed by atoms with Gasteiger partial charge in [-0.3, -0.25) is 4.98 Å². The number of aromatic nitrogens is 1. The Morgan fingerprint density at radius 2 is 1.58 bits per heavy atom. The Hall–Kier alpha value is -2.48. The van der Waals surface area contributed by atoms with Gasteiger partial charge in [-0.05, 0) is 29.3 Å². The van der Waals surface area contributed by atoms with Crippen molar-refractivity contribution < 1.29 is 4.39 Å². The lowest BCUT2D eigenvalue weighted by Gasteiger charge is -2.05. The molecule has 0 fully saturated rings. The lowest BCUT2D eigenvalue weighted by atomic mass is 10.0. The van der Waals surface area contributed by atoms with E-state index in [-0.39, 0.29) is 5.82 Å². The zero-order valence-electron chi connectivity index (χ0n) is 10.2. The average molecular weight is 248 g/mol. The van der Waals surface area contributed by atoms with E-state index in [9.17, 15) is 4.39 Å². The first-order valence-electron chi connectivity index (χ1n) is 6.03. The molecule has 0 aliphatic carbocycles. The second-order valence-electron chi connectivity index (χ2n) is 4.18. The van der Waals surface area contributed by atoms with Gasteiger partial charge in [0.25, 0.3) is 0 Å². The summed E-state index contributed by atoms with van der Waals surface area (Å²) in [6.45, 7) is 0. The standard InChI is InChI=1S/C17H11FN/c18-16-9-5-4-8-15(16)17-12-14(10-11-19-17)13-6-2-1-3-7-13/h1-11H. The smallest absolute Gasteiger partial charge is 0.132 e. The first-order chi connectivity index (χ1) is 9.34. The lowest BCUT2D eigenvalue weighted by Crippen LogP contribution is -1.89. The molecule has 0 unspecified atom stereocenters. The number of hydrogen-bond donors (Lipinski definition) is 0. The van der Waals surface area contributed by atoms with Gasteiger partial charge in [-0.1, -0.05) is 42.5 Å². The third-order valence-electron chi connectivity index (χ3n) is 2.91. The van der Waals surface area contributed by atoms with Crippen LogP contribution in [0.25, 0.3) is 22.4 Å². The van der Waals surface area contributed by atoms with Crippen LogP contribution in [0.5, 0.6) is 0 Å². The normalized spacial score (nSPS) is 10.4. The Morgan fingerprint density at radius 3 is 2.37 bits per heavy atom. The average Bonchev–Trinajstić information content (AvgIpc) is 2.49. The zero-order valence-corrected chi connectivity index (χ0v) is 10.2. The molecule has 0 atom stereocenters. The molecule has 0 saturated heterocycles. The van der Waals surface area contributed by atoms with Crippen molar-refractivity contribution in [3.8, 4) is 22.4 Å². The van der Waals surface area contributed by atoms with Crippen molar-refractivity contribution in [2.75, 3.05) is 0 Å². The third-order valence-corrected chi connectivity index (χ3v) is 2.91. The topological polar surface area (TPSA) is 12.9 Å². The SMILES string of the molecule is Fc1ccccc1-c1[c]c(-c2ccccc2)ccn1. The van der Waals surface area contributed by atoms with E-state index in [0.717, 1.165) is 11.1 Å². The molecule has 3 aromatic rings. The van der Waals surface area contributed by atoms with Crippen LogP contribution in [0.3, 0.4) is 0 Å². The summed E-state index contributed by atoms with van der Waals surface area (Å²) < 4.78 is 13.7. The first kappa shape index (κ1) is 11.6. The van der Waals surface area contributed by atoms with Crippen molar-refractivity contribution in [1.82, 2.24) is 4.98 Å². The van der Waals surface area contributed by atoms with Crippen LogP contribution in [-0.4, -0.2) is 4.98 Å². The molecule has 1 heterocycles. The predicted octanol–water partition coefficient (Wildman–Crippen LogP) is 4.35. The quantitative estimate of drug-likeness (QED) is 0.656. The number of rotatable bonds is 2. The van der Waals surface area contributed by atoms with Crippen LogP contribution >= 0.6 is 0 Å². The van der Waals surface area contributed by atoms with E-state index in [4.69, 9.17) is 0 Å². The van der Waals surface area contributed by atoms with Gasteiger partial charge >= 0.3 is 0 Å². The highest BCUT2D eigenvalue weighted by Crippen LogP contribution is 2.25. The lowest BCUT2D eigenvalue weighted by molar-refractivity contribution is 0.630. The van der Waals surface area contributed by atoms with Crippen molar-refractivity contribution in [1.29, 1.82) is 0 Å². The van der Waals surface area contributed by atoms with Gasteiger partial charge in [0, 0.05) is 17.8 Å². The van der Waals surface area contributed by atoms with Crippen LogP contribution < -0.4 is 0 Å². The Balaban J connectivity index is 2.09. The number of nitrogens with zero attached hydrogens (tertiary/aromatic N) is 1. The Bertz CT molecular complexity index is 692. The zero-order chi connectivity index (χ0) is 13.1. The summed E-state index contributed by atoms with van der Waals surface area (Å²) in [7, 11) is 0. The molecule has 0 bridgehead atoms. The van der Waals surface area contributed by atoms with E-state index >= 15 is 0 Å². The van der Waals surface area contributed by atoms with Crippen molar-refractivity contribution in [3.63, 3.8) is 0 Å². The molecule has 1 nitrogen and oxygen atoms in total. The fourth-order valence-electron chi connectivity index (χ4n) is 1.96. The second-order valence-corrected chi connectivity index (χ2v) is 4.18. The highest BCUT2D eigenvalue weighted by atomic mass is 19.1. The molecule has 3 rings (SSSR count).